The molecule has 0 amide bonds. The van der Waals surface area contributed by atoms with E-state index in [-0.39, 0.29) is 0 Å². The van der Waals surface area contributed by atoms with E-state index in [1.54, 1.807) is 18.0 Å². The van der Waals surface area contributed by atoms with Crippen molar-refractivity contribution < 1.29 is 4.74 Å². The van der Waals surface area contributed by atoms with Crippen LogP contribution in [-0.4, -0.2) is 44.2 Å². The van der Waals surface area contributed by atoms with E-state index in [9.17, 15) is 0 Å². The van der Waals surface area contributed by atoms with Crippen molar-refractivity contribution in [2.24, 2.45) is 4.99 Å². The predicted octanol–water partition coefficient (Wildman–Crippen LogP) is 2.42. The molecule has 6 rings (SSSR count). The fourth-order valence-electron chi connectivity index (χ4n) is 3.82. The van der Waals surface area contributed by atoms with Gasteiger partial charge in [0.15, 0.2) is 17.5 Å². The van der Waals surface area contributed by atoms with Crippen LogP contribution in [0, 0.1) is 0 Å². The molecule has 9 nitrogen and oxygen atoms in total. The van der Waals surface area contributed by atoms with Crippen LogP contribution >= 0.6 is 0 Å². The van der Waals surface area contributed by atoms with Crippen LogP contribution in [0.5, 0.6) is 5.75 Å². The third kappa shape index (κ3) is 2.21. The van der Waals surface area contributed by atoms with Gasteiger partial charge in [-0.2, -0.15) is 4.68 Å². The Morgan fingerprint density at radius 1 is 1.00 bits per heavy atom. The first kappa shape index (κ1) is 15.9. The van der Waals surface area contributed by atoms with Crippen LogP contribution in [0.2, 0.25) is 0 Å². The van der Waals surface area contributed by atoms with Crippen LogP contribution in [0.15, 0.2) is 72.2 Å². The third-order valence-corrected chi connectivity index (χ3v) is 5.13. The highest BCUT2D eigenvalue weighted by molar-refractivity contribution is 6.16. The zero-order valence-electron chi connectivity index (χ0n) is 15.5. The highest BCUT2D eigenvalue weighted by Gasteiger charge is 2.37. The number of hydrogen-bond donors (Lipinski definition) is 0. The molecule has 0 fully saturated rings. The predicted molar refractivity (Wildman–Crippen MR) is 108 cm³/mol. The molecule has 4 aromatic rings. The average molecular weight is 384 g/mol. The van der Waals surface area contributed by atoms with Crippen molar-refractivity contribution in [2.45, 2.75) is 0 Å². The van der Waals surface area contributed by atoms with Gasteiger partial charge in [-0.25, -0.2) is 20.0 Å². The zero-order chi connectivity index (χ0) is 19.4. The number of aromatic nitrogens is 5. The van der Waals surface area contributed by atoms with Gasteiger partial charge in [-0.05, 0) is 24.3 Å². The van der Waals surface area contributed by atoms with E-state index in [2.05, 4.69) is 37.0 Å². The number of ether oxygens (including phenoxy) is 1. The zero-order valence-corrected chi connectivity index (χ0v) is 15.5. The molecule has 0 aliphatic carbocycles. The summed E-state index contributed by atoms with van der Waals surface area (Å²) >= 11 is 0. The molecule has 0 spiro atoms. The SMILES string of the molecule is COc1cccc(-n2nncc2N2CN=C3c4ccccc4-n4cncc4N32)c1. The number of nitrogens with zero attached hydrogens (tertiary/aromatic N) is 8. The topological polar surface area (TPSA) is 76.6 Å². The number of benzene rings is 2. The molecule has 2 aliphatic rings. The van der Waals surface area contributed by atoms with E-state index in [0.717, 1.165) is 40.2 Å². The maximum Gasteiger partial charge on any atom is 0.173 e. The van der Waals surface area contributed by atoms with Gasteiger partial charge < -0.3 is 4.74 Å². The summed E-state index contributed by atoms with van der Waals surface area (Å²) in [5.74, 6) is 3.35. The lowest BCUT2D eigenvalue weighted by atomic mass is 10.1. The first-order chi connectivity index (χ1) is 14.3. The number of anilines is 2. The Balaban J connectivity index is 1.48. The van der Waals surface area contributed by atoms with Gasteiger partial charge >= 0.3 is 0 Å². The number of hydrogen-bond acceptors (Lipinski definition) is 7. The lowest BCUT2D eigenvalue weighted by Gasteiger charge is -2.34. The maximum atomic E-state index is 5.36. The molecule has 0 bridgehead atoms. The molecule has 2 aromatic carbocycles. The molecular weight excluding hydrogens is 368 g/mol. The van der Waals surface area contributed by atoms with Gasteiger partial charge in [-0.1, -0.05) is 23.4 Å². The Bertz CT molecular complexity index is 1260. The molecule has 0 atom stereocenters. The van der Waals surface area contributed by atoms with Gasteiger partial charge in [0, 0.05) is 11.6 Å². The molecule has 0 unspecified atom stereocenters. The smallest absolute Gasteiger partial charge is 0.173 e. The molecule has 142 valence electrons. The van der Waals surface area contributed by atoms with Crippen LogP contribution < -0.4 is 14.8 Å². The monoisotopic (exact) mass is 384 g/mol. The second kappa shape index (κ2) is 5.93. The van der Waals surface area contributed by atoms with Crippen molar-refractivity contribution >= 4 is 17.5 Å². The highest BCUT2D eigenvalue weighted by atomic mass is 16.5. The maximum absolute atomic E-state index is 5.36. The number of amidine groups is 1. The van der Waals surface area contributed by atoms with Crippen LogP contribution in [0.1, 0.15) is 5.56 Å². The fraction of sp³-hybridized carbons (Fsp3) is 0.100. The van der Waals surface area contributed by atoms with Crippen molar-refractivity contribution in [1.82, 2.24) is 24.5 Å². The second-order valence-electron chi connectivity index (χ2n) is 6.68. The Morgan fingerprint density at radius 3 is 2.86 bits per heavy atom. The molecule has 29 heavy (non-hydrogen) atoms. The van der Waals surface area contributed by atoms with Gasteiger partial charge in [-0.3, -0.25) is 4.57 Å². The van der Waals surface area contributed by atoms with Gasteiger partial charge in [-0.15, -0.1) is 5.10 Å². The molecule has 0 saturated carbocycles. The highest BCUT2D eigenvalue weighted by Crippen LogP contribution is 2.36. The summed E-state index contributed by atoms with van der Waals surface area (Å²) in [4.78, 5) is 9.18. The van der Waals surface area contributed by atoms with Crippen molar-refractivity contribution in [3.63, 3.8) is 0 Å². The van der Waals surface area contributed by atoms with E-state index in [0.29, 0.717) is 6.67 Å². The van der Waals surface area contributed by atoms with Crippen LogP contribution in [0.3, 0.4) is 0 Å². The molecular formula is C20H16N8O. The Hall–Kier alpha value is -4.14. The van der Waals surface area contributed by atoms with E-state index in [1.165, 1.54) is 0 Å². The summed E-state index contributed by atoms with van der Waals surface area (Å²) < 4.78 is 9.20. The van der Waals surface area contributed by atoms with Crippen molar-refractivity contribution in [3.8, 4) is 17.1 Å². The lowest BCUT2D eigenvalue weighted by molar-refractivity contribution is 0.414. The van der Waals surface area contributed by atoms with Gasteiger partial charge in [0.1, 0.15) is 18.7 Å². The van der Waals surface area contributed by atoms with Crippen molar-refractivity contribution in [2.75, 3.05) is 23.8 Å². The normalized spacial score (nSPS) is 14.3. The minimum atomic E-state index is 0.451. The minimum absolute atomic E-state index is 0.451. The number of para-hydroxylation sites is 1. The first-order valence-electron chi connectivity index (χ1n) is 9.14. The Labute approximate surface area is 166 Å². The number of imidazole rings is 1. The van der Waals surface area contributed by atoms with Gasteiger partial charge in [0.2, 0.25) is 0 Å². The quantitative estimate of drug-likeness (QED) is 0.540. The van der Waals surface area contributed by atoms with Crippen LogP contribution in [0.25, 0.3) is 11.4 Å². The molecule has 2 aromatic heterocycles. The number of fused-ring (bicyclic) bond motifs is 6. The number of methoxy groups -OCH3 is 1. The van der Waals surface area contributed by atoms with Gasteiger partial charge in [0.25, 0.3) is 0 Å². The third-order valence-electron chi connectivity index (χ3n) is 5.13. The molecule has 4 heterocycles. The summed E-state index contributed by atoms with van der Waals surface area (Å²) in [6.07, 6.45) is 5.39. The molecule has 0 saturated heterocycles. The van der Waals surface area contributed by atoms with Crippen LogP contribution in [-0.2, 0) is 0 Å². The first-order valence-corrected chi connectivity index (χ1v) is 9.14. The molecule has 9 heteroatoms. The summed E-state index contributed by atoms with van der Waals surface area (Å²) in [6, 6.07) is 15.9. The lowest BCUT2D eigenvalue weighted by Crippen LogP contribution is -2.46. The van der Waals surface area contributed by atoms with E-state index in [4.69, 9.17) is 9.73 Å². The standard InChI is InChI=1S/C20H16N8O/c1-29-15-6-4-5-14(9-15)27-19(11-23-24-27)26-13-22-20-16-7-2-3-8-17(16)25-12-21-10-18(25)28(20)26/h2-12H,13H2,1H3. The molecule has 0 radical (unpaired) electrons. The summed E-state index contributed by atoms with van der Waals surface area (Å²) in [7, 11) is 1.65. The van der Waals surface area contributed by atoms with Gasteiger partial charge in [0.05, 0.1) is 30.9 Å². The minimum Gasteiger partial charge on any atom is -0.497 e. The number of hydrazine groups is 1. The number of aliphatic imine (C=N–C) groups is 1. The number of rotatable bonds is 3. The van der Waals surface area contributed by atoms with Crippen molar-refractivity contribution in [3.05, 3.63) is 72.8 Å². The largest absolute Gasteiger partial charge is 0.497 e. The van der Waals surface area contributed by atoms with E-state index < -0.39 is 0 Å². The summed E-state index contributed by atoms with van der Waals surface area (Å²) in [5.41, 5.74) is 2.98. The van der Waals surface area contributed by atoms with E-state index in [1.807, 2.05) is 53.9 Å². The summed E-state index contributed by atoms with van der Waals surface area (Å²) in [5, 5.41) is 12.6. The molecule has 0 N–H and O–H groups in total. The Morgan fingerprint density at radius 2 is 1.93 bits per heavy atom. The average Bonchev–Trinajstić information content (AvgIpc) is 3.52. The van der Waals surface area contributed by atoms with Crippen molar-refractivity contribution in [1.29, 1.82) is 0 Å². The van der Waals surface area contributed by atoms with Crippen LogP contribution in [0.4, 0.5) is 11.6 Å². The second-order valence-corrected chi connectivity index (χ2v) is 6.68. The Kier molecular flexibility index (Phi) is 3.25. The van der Waals surface area contributed by atoms with E-state index >= 15 is 0 Å². The molecule has 2 aliphatic heterocycles. The summed E-state index contributed by atoms with van der Waals surface area (Å²) in [6.45, 7) is 0.451. The fourth-order valence-corrected chi connectivity index (χ4v) is 3.82.